The number of thiophene rings is 2. The van der Waals surface area contributed by atoms with Gasteiger partial charge in [-0.25, -0.2) is 26.9 Å². The highest BCUT2D eigenvalue weighted by atomic mass is 32.2. The molecule has 0 spiro atoms. The molecule has 28 heavy (non-hydrogen) atoms. The van der Waals surface area contributed by atoms with Crippen LogP contribution in [0, 0.1) is 11.8 Å². The Hall–Kier alpha value is -0.780. The highest BCUT2D eigenvalue weighted by Crippen LogP contribution is 2.59. The van der Waals surface area contributed by atoms with Crippen molar-refractivity contribution in [3.63, 3.8) is 0 Å². The number of hydrazine groups is 1. The second kappa shape index (κ2) is 5.89. The van der Waals surface area contributed by atoms with Crippen LogP contribution in [0.1, 0.15) is 21.8 Å². The summed E-state index contributed by atoms with van der Waals surface area (Å²) in [6, 6.07) is 7.89. The van der Waals surface area contributed by atoms with Crippen molar-refractivity contribution in [1.29, 1.82) is 0 Å². The molecule has 0 bridgehead atoms. The van der Waals surface area contributed by atoms with Crippen molar-refractivity contribution in [3.05, 3.63) is 44.8 Å². The summed E-state index contributed by atoms with van der Waals surface area (Å²) in [4.78, 5) is 2.29. The van der Waals surface area contributed by atoms with Crippen molar-refractivity contribution in [2.24, 2.45) is 11.8 Å². The van der Waals surface area contributed by atoms with Gasteiger partial charge in [0.2, 0.25) is 0 Å². The van der Waals surface area contributed by atoms with Gasteiger partial charge in [-0.1, -0.05) is 12.1 Å². The van der Waals surface area contributed by atoms with E-state index in [1.807, 2.05) is 22.9 Å². The molecule has 0 radical (unpaired) electrons. The van der Waals surface area contributed by atoms with Gasteiger partial charge in [0.25, 0.3) is 0 Å². The molecule has 4 saturated heterocycles. The monoisotopic (exact) mass is 456 g/mol. The molecule has 6 atom stereocenters. The fourth-order valence-corrected chi connectivity index (χ4v) is 11.8. The molecule has 2 aromatic rings. The number of fused-ring (bicyclic) bond motifs is 5. The van der Waals surface area contributed by atoms with Gasteiger partial charge in [-0.05, 0) is 22.9 Å². The summed E-state index contributed by atoms with van der Waals surface area (Å²) < 4.78 is 50.2. The Morgan fingerprint density at radius 1 is 0.714 bits per heavy atom. The first-order valence-electron chi connectivity index (χ1n) is 9.39. The summed E-state index contributed by atoms with van der Waals surface area (Å²) in [5.74, 6) is 0.711. The van der Waals surface area contributed by atoms with Crippen LogP contribution in [0.3, 0.4) is 0 Å². The van der Waals surface area contributed by atoms with E-state index >= 15 is 0 Å². The largest absolute Gasteiger partial charge is 0.229 e. The summed E-state index contributed by atoms with van der Waals surface area (Å²) >= 11 is 3.28. The summed E-state index contributed by atoms with van der Waals surface area (Å²) in [6.07, 6.45) is 0. The van der Waals surface area contributed by atoms with E-state index in [2.05, 4.69) is 22.2 Å². The van der Waals surface area contributed by atoms with Crippen LogP contribution in [0.15, 0.2) is 35.0 Å². The first-order valence-corrected chi connectivity index (χ1v) is 14.8. The van der Waals surface area contributed by atoms with Crippen LogP contribution < -0.4 is 0 Å². The van der Waals surface area contributed by atoms with Gasteiger partial charge in [-0.15, -0.1) is 22.7 Å². The van der Waals surface area contributed by atoms with Crippen LogP contribution in [0.2, 0.25) is 0 Å². The van der Waals surface area contributed by atoms with Gasteiger partial charge in [0.15, 0.2) is 19.7 Å². The standard InChI is InChI=1S/C18H20N2O4S4/c21-27(22)7-11-13(9-27)20-18(16-4-2-6-26-16)12-8-28(23,24)10-14(12)19(20)17(11)15-3-1-5-25-15/h1-6,11-14,17-18H,7-10H2. The molecule has 4 fully saturated rings. The summed E-state index contributed by atoms with van der Waals surface area (Å²) in [7, 11) is -6.17. The van der Waals surface area contributed by atoms with Gasteiger partial charge < -0.3 is 0 Å². The summed E-state index contributed by atoms with van der Waals surface area (Å²) in [5, 5.41) is 8.61. The Labute approximate surface area is 172 Å². The van der Waals surface area contributed by atoms with Crippen LogP contribution in [0.5, 0.6) is 0 Å². The number of rotatable bonds is 2. The Bertz CT molecular complexity index is 1020. The second-order valence-corrected chi connectivity index (χ2v) is 14.6. The Balaban J connectivity index is 1.53. The van der Waals surface area contributed by atoms with Crippen molar-refractivity contribution in [1.82, 2.24) is 10.0 Å². The van der Waals surface area contributed by atoms with E-state index in [1.165, 1.54) is 0 Å². The summed E-state index contributed by atoms with van der Waals surface area (Å²) in [5.41, 5.74) is 0. The molecule has 6 rings (SSSR count). The van der Waals surface area contributed by atoms with E-state index in [0.29, 0.717) is 0 Å². The van der Waals surface area contributed by atoms with Gasteiger partial charge in [0, 0.05) is 33.7 Å². The molecule has 4 aliphatic heterocycles. The van der Waals surface area contributed by atoms with Gasteiger partial charge in [-0.2, -0.15) is 0 Å². The molecule has 2 aromatic heterocycles. The molecular formula is C18H20N2O4S4. The molecule has 4 aliphatic rings. The smallest absolute Gasteiger partial charge is 0.152 e. The molecule has 10 heteroatoms. The van der Waals surface area contributed by atoms with Crippen LogP contribution in [-0.2, 0) is 19.7 Å². The van der Waals surface area contributed by atoms with E-state index in [0.717, 1.165) is 9.75 Å². The lowest BCUT2D eigenvalue weighted by Crippen LogP contribution is -2.43. The maximum atomic E-state index is 12.6. The first-order chi connectivity index (χ1) is 13.3. The molecule has 0 amide bonds. The number of nitrogens with zero attached hydrogens (tertiary/aromatic N) is 2. The molecule has 0 N–H and O–H groups in total. The Kier molecular flexibility index (Phi) is 3.79. The zero-order chi connectivity index (χ0) is 19.3. The number of hydrogen-bond donors (Lipinski definition) is 0. The lowest BCUT2D eigenvalue weighted by atomic mass is 9.89. The number of sulfone groups is 2. The minimum Gasteiger partial charge on any atom is -0.229 e. The van der Waals surface area contributed by atoms with Crippen molar-refractivity contribution in [3.8, 4) is 0 Å². The fourth-order valence-electron chi connectivity index (χ4n) is 5.90. The van der Waals surface area contributed by atoms with Crippen LogP contribution in [0.25, 0.3) is 0 Å². The SMILES string of the molecule is O=S1(=O)CC2C(C1)N1C(c3cccs3)C3CS(=O)(=O)CC3N1C2c1cccs1. The fraction of sp³-hybridized carbons (Fsp3) is 0.556. The first kappa shape index (κ1) is 18.0. The van der Waals surface area contributed by atoms with Crippen LogP contribution >= 0.6 is 22.7 Å². The molecule has 0 aromatic carbocycles. The molecule has 150 valence electrons. The predicted octanol–water partition coefficient (Wildman–Crippen LogP) is 1.96. The van der Waals surface area contributed by atoms with E-state index in [1.54, 1.807) is 22.7 Å². The quantitative estimate of drug-likeness (QED) is 0.688. The average Bonchev–Trinajstić information content (AvgIpc) is 3.38. The normalized spacial score (nSPS) is 41.1. The molecule has 6 unspecified atom stereocenters. The number of hydrogen-bond acceptors (Lipinski definition) is 8. The summed E-state index contributed by atoms with van der Waals surface area (Å²) in [6.45, 7) is 0. The highest BCUT2D eigenvalue weighted by Gasteiger charge is 2.66. The molecular weight excluding hydrogens is 436 g/mol. The molecule has 6 heterocycles. The molecule has 6 nitrogen and oxygen atoms in total. The lowest BCUT2D eigenvalue weighted by Gasteiger charge is -2.34. The lowest BCUT2D eigenvalue weighted by molar-refractivity contribution is -0.0192. The highest BCUT2D eigenvalue weighted by molar-refractivity contribution is 7.92. The van der Waals surface area contributed by atoms with Gasteiger partial charge in [-0.3, -0.25) is 0 Å². The third kappa shape index (κ3) is 2.48. The van der Waals surface area contributed by atoms with Crippen molar-refractivity contribution >= 4 is 42.3 Å². The van der Waals surface area contributed by atoms with E-state index in [-0.39, 0.29) is 59.0 Å². The minimum absolute atomic E-state index is 0.00429. The van der Waals surface area contributed by atoms with E-state index < -0.39 is 19.7 Å². The maximum Gasteiger partial charge on any atom is 0.152 e. The van der Waals surface area contributed by atoms with E-state index in [9.17, 15) is 16.8 Å². The van der Waals surface area contributed by atoms with Crippen LogP contribution in [-0.4, -0.2) is 61.9 Å². The third-order valence-corrected chi connectivity index (χ3v) is 12.1. The van der Waals surface area contributed by atoms with Crippen molar-refractivity contribution in [2.45, 2.75) is 24.2 Å². The minimum atomic E-state index is -3.09. The van der Waals surface area contributed by atoms with Crippen LogP contribution in [0.4, 0.5) is 0 Å². The van der Waals surface area contributed by atoms with Gasteiger partial charge in [0.05, 0.1) is 35.1 Å². The molecule has 0 aliphatic carbocycles. The van der Waals surface area contributed by atoms with Crippen molar-refractivity contribution < 1.29 is 16.8 Å². The van der Waals surface area contributed by atoms with Crippen molar-refractivity contribution in [2.75, 3.05) is 23.0 Å². The second-order valence-electron chi connectivity index (χ2n) is 8.30. The Morgan fingerprint density at radius 2 is 1.14 bits per heavy atom. The Morgan fingerprint density at radius 3 is 1.50 bits per heavy atom. The topological polar surface area (TPSA) is 74.8 Å². The van der Waals surface area contributed by atoms with Gasteiger partial charge in [0.1, 0.15) is 0 Å². The van der Waals surface area contributed by atoms with Gasteiger partial charge >= 0.3 is 0 Å². The zero-order valence-corrected chi connectivity index (χ0v) is 18.2. The molecule has 0 saturated carbocycles. The zero-order valence-electron chi connectivity index (χ0n) is 14.9. The average molecular weight is 457 g/mol. The van der Waals surface area contributed by atoms with E-state index in [4.69, 9.17) is 0 Å². The predicted molar refractivity (Wildman–Crippen MR) is 110 cm³/mol. The third-order valence-electron chi connectivity index (χ3n) is 6.73. The maximum absolute atomic E-state index is 12.6.